The molecule has 1 N–H and O–H groups in total. The first-order valence-electron chi connectivity index (χ1n) is 5.99. The van der Waals surface area contributed by atoms with Crippen molar-refractivity contribution in [3.8, 4) is 0 Å². The highest BCUT2D eigenvalue weighted by Gasteiger charge is 2.37. The molecule has 1 saturated heterocycles. The molecular weight excluding hydrogens is 249 g/mol. The van der Waals surface area contributed by atoms with Gasteiger partial charge in [-0.2, -0.15) is 0 Å². The van der Waals surface area contributed by atoms with Gasteiger partial charge in [-0.25, -0.2) is 9.38 Å². The van der Waals surface area contributed by atoms with Crippen molar-refractivity contribution in [3.63, 3.8) is 0 Å². The van der Waals surface area contributed by atoms with Crippen LogP contribution in [0.2, 0.25) is 0 Å². The second-order valence-electron chi connectivity index (χ2n) is 4.66. The van der Waals surface area contributed by atoms with Crippen LogP contribution in [0.15, 0.2) is 23.2 Å². The van der Waals surface area contributed by atoms with Crippen molar-refractivity contribution in [2.75, 3.05) is 0 Å². The van der Waals surface area contributed by atoms with Gasteiger partial charge in [-0.05, 0) is 19.1 Å². The van der Waals surface area contributed by atoms with Gasteiger partial charge >= 0.3 is 0 Å². The summed E-state index contributed by atoms with van der Waals surface area (Å²) in [4.78, 5) is 28.9. The topological polar surface area (TPSA) is 61.8 Å². The van der Waals surface area contributed by atoms with Gasteiger partial charge in [0.1, 0.15) is 17.7 Å². The first-order valence-corrected chi connectivity index (χ1v) is 5.99. The summed E-state index contributed by atoms with van der Waals surface area (Å²) < 4.78 is 13.8. The number of carbonyl (C=O) groups excluding carboxylic acids is 2. The van der Waals surface area contributed by atoms with E-state index in [1.165, 1.54) is 6.07 Å². The number of carbonyl (C=O) groups is 2. The Bertz CT molecular complexity index is 612. The number of amides is 2. The summed E-state index contributed by atoms with van der Waals surface area (Å²) in [6, 6.07) is 4.11. The first kappa shape index (κ1) is 11.8. The minimum atomic E-state index is -0.594. The molecule has 2 aliphatic rings. The van der Waals surface area contributed by atoms with Gasteiger partial charge in [0.15, 0.2) is 0 Å². The Morgan fingerprint density at radius 1 is 1.42 bits per heavy atom. The standard InChI is InChI=1S/C13H12FN3O2/c1-7-15-10-4-2-3-9(14)8(10)6-17(7)11-5-12(18)16-13(11)19/h2-4,11H,5-6H2,1H3,(H,16,18,19). The molecule has 1 fully saturated rings. The molecule has 19 heavy (non-hydrogen) atoms. The van der Waals surface area contributed by atoms with Gasteiger partial charge in [0, 0.05) is 12.1 Å². The molecule has 0 aromatic heterocycles. The Morgan fingerprint density at radius 3 is 2.89 bits per heavy atom. The van der Waals surface area contributed by atoms with Crippen LogP contribution < -0.4 is 5.32 Å². The quantitative estimate of drug-likeness (QED) is 0.770. The molecule has 98 valence electrons. The summed E-state index contributed by atoms with van der Waals surface area (Å²) in [6.07, 6.45) is 0.0927. The number of halogens is 1. The number of fused-ring (bicyclic) bond motifs is 1. The van der Waals surface area contributed by atoms with Gasteiger partial charge in [0.2, 0.25) is 11.8 Å². The molecule has 1 aromatic rings. The number of hydrogen-bond acceptors (Lipinski definition) is 4. The molecular formula is C13H12FN3O2. The Kier molecular flexibility index (Phi) is 2.58. The highest BCUT2D eigenvalue weighted by Crippen LogP contribution is 2.30. The molecule has 5 nitrogen and oxygen atoms in total. The lowest BCUT2D eigenvalue weighted by molar-refractivity contribution is -0.125. The molecule has 1 atom stereocenters. The largest absolute Gasteiger partial charge is 0.343 e. The second kappa shape index (κ2) is 4.15. The third kappa shape index (κ3) is 1.89. The molecule has 0 bridgehead atoms. The van der Waals surface area contributed by atoms with E-state index in [9.17, 15) is 14.0 Å². The fourth-order valence-electron chi connectivity index (χ4n) is 2.46. The smallest absolute Gasteiger partial charge is 0.249 e. The van der Waals surface area contributed by atoms with Gasteiger partial charge in [-0.15, -0.1) is 0 Å². The lowest BCUT2D eigenvalue weighted by Crippen LogP contribution is -2.44. The lowest BCUT2D eigenvalue weighted by Gasteiger charge is -2.32. The average Bonchev–Trinajstić information content (AvgIpc) is 2.68. The van der Waals surface area contributed by atoms with Gasteiger partial charge in [0.05, 0.1) is 12.1 Å². The average molecular weight is 261 g/mol. The maximum absolute atomic E-state index is 13.8. The fraction of sp³-hybridized carbons (Fsp3) is 0.308. The van der Waals surface area contributed by atoms with Crippen LogP contribution in [-0.4, -0.2) is 28.6 Å². The summed E-state index contributed by atoms with van der Waals surface area (Å²) in [5, 5.41) is 2.26. The highest BCUT2D eigenvalue weighted by atomic mass is 19.1. The third-order valence-electron chi connectivity index (χ3n) is 3.44. The number of imide groups is 1. The molecule has 1 aromatic carbocycles. The predicted molar refractivity (Wildman–Crippen MR) is 66.3 cm³/mol. The third-order valence-corrected chi connectivity index (χ3v) is 3.44. The molecule has 2 aliphatic heterocycles. The van der Waals surface area contributed by atoms with Crippen molar-refractivity contribution in [1.82, 2.24) is 10.2 Å². The van der Waals surface area contributed by atoms with E-state index < -0.39 is 6.04 Å². The molecule has 0 aliphatic carbocycles. The van der Waals surface area contributed by atoms with Gasteiger partial charge in [-0.3, -0.25) is 14.9 Å². The van der Waals surface area contributed by atoms with Crippen molar-refractivity contribution in [1.29, 1.82) is 0 Å². The van der Waals surface area contributed by atoms with Crippen molar-refractivity contribution in [3.05, 3.63) is 29.6 Å². The number of nitrogens with zero attached hydrogens (tertiary/aromatic N) is 2. The highest BCUT2D eigenvalue weighted by molar-refractivity contribution is 6.07. The number of rotatable bonds is 1. The Morgan fingerprint density at radius 2 is 2.21 bits per heavy atom. The summed E-state index contributed by atoms with van der Waals surface area (Å²) in [5.41, 5.74) is 1.04. The number of aliphatic imine (C=N–C) groups is 1. The fourth-order valence-corrected chi connectivity index (χ4v) is 2.46. The lowest BCUT2D eigenvalue weighted by atomic mass is 10.1. The van der Waals surface area contributed by atoms with E-state index in [-0.39, 0.29) is 30.6 Å². The van der Waals surface area contributed by atoms with E-state index in [0.29, 0.717) is 17.1 Å². The monoisotopic (exact) mass is 261 g/mol. The maximum Gasteiger partial charge on any atom is 0.249 e. The molecule has 0 saturated carbocycles. The molecule has 6 heteroatoms. The Labute approximate surface area is 109 Å². The van der Waals surface area contributed by atoms with Crippen LogP contribution in [0.25, 0.3) is 0 Å². The van der Waals surface area contributed by atoms with E-state index in [2.05, 4.69) is 10.3 Å². The molecule has 2 heterocycles. The van der Waals surface area contributed by atoms with Crippen LogP contribution in [0.1, 0.15) is 18.9 Å². The van der Waals surface area contributed by atoms with Crippen molar-refractivity contribution < 1.29 is 14.0 Å². The van der Waals surface area contributed by atoms with Crippen molar-refractivity contribution >= 4 is 23.3 Å². The zero-order valence-corrected chi connectivity index (χ0v) is 10.3. The van der Waals surface area contributed by atoms with Gasteiger partial charge < -0.3 is 4.90 Å². The van der Waals surface area contributed by atoms with Crippen LogP contribution in [-0.2, 0) is 16.1 Å². The number of benzene rings is 1. The van der Waals surface area contributed by atoms with Gasteiger partial charge in [-0.1, -0.05) is 6.07 Å². The van der Waals surface area contributed by atoms with Crippen molar-refractivity contribution in [2.24, 2.45) is 4.99 Å². The Hall–Kier alpha value is -2.24. The summed E-state index contributed by atoms with van der Waals surface area (Å²) in [7, 11) is 0. The summed E-state index contributed by atoms with van der Waals surface area (Å²) in [6.45, 7) is 2.01. The van der Waals surface area contributed by atoms with E-state index >= 15 is 0 Å². The number of hydrogen-bond donors (Lipinski definition) is 1. The minimum absolute atomic E-state index is 0.0927. The molecule has 0 radical (unpaired) electrons. The van der Waals surface area contributed by atoms with E-state index in [0.717, 1.165) is 0 Å². The normalized spacial score (nSPS) is 22.1. The number of amidine groups is 1. The second-order valence-corrected chi connectivity index (χ2v) is 4.66. The summed E-state index contributed by atoms with van der Waals surface area (Å²) in [5.74, 6) is -0.377. The van der Waals surface area contributed by atoms with E-state index in [1.807, 2.05) is 0 Å². The van der Waals surface area contributed by atoms with Crippen LogP contribution in [0.5, 0.6) is 0 Å². The van der Waals surface area contributed by atoms with E-state index in [4.69, 9.17) is 0 Å². The summed E-state index contributed by atoms with van der Waals surface area (Å²) >= 11 is 0. The Balaban J connectivity index is 1.97. The molecule has 3 rings (SSSR count). The van der Waals surface area contributed by atoms with E-state index in [1.54, 1.807) is 24.0 Å². The zero-order chi connectivity index (χ0) is 13.6. The van der Waals surface area contributed by atoms with Crippen molar-refractivity contribution in [2.45, 2.75) is 25.9 Å². The maximum atomic E-state index is 13.8. The van der Waals surface area contributed by atoms with Crippen LogP contribution in [0.3, 0.4) is 0 Å². The SMILES string of the molecule is CC1=Nc2cccc(F)c2CN1C1CC(=O)NC1=O. The minimum Gasteiger partial charge on any atom is -0.343 e. The first-order chi connectivity index (χ1) is 9.06. The van der Waals surface area contributed by atoms with Crippen LogP contribution >= 0.6 is 0 Å². The van der Waals surface area contributed by atoms with Crippen LogP contribution in [0.4, 0.5) is 10.1 Å². The molecule has 2 amide bonds. The molecule has 0 spiro atoms. The molecule has 1 unspecified atom stereocenters. The number of nitrogens with one attached hydrogen (secondary N) is 1. The van der Waals surface area contributed by atoms with Crippen LogP contribution in [0, 0.1) is 5.82 Å². The predicted octanol–water partition coefficient (Wildman–Crippen LogP) is 1.11. The zero-order valence-electron chi connectivity index (χ0n) is 10.3. The van der Waals surface area contributed by atoms with Gasteiger partial charge in [0.25, 0.3) is 0 Å².